The molecule has 3 saturated heterocycles. The van der Waals surface area contributed by atoms with Crippen LogP contribution in [0.3, 0.4) is 0 Å². The molecule has 0 N–H and O–H groups in total. The smallest absolute Gasteiger partial charge is 0.255 e. The van der Waals surface area contributed by atoms with Crippen LogP contribution in [-0.2, 0) is 17.6 Å². The maximum Gasteiger partial charge on any atom is 0.255 e. The number of piperidine rings is 1. The minimum Gasteiger partial charge on any atom is -0.334 e. The molecule has 1 aromatic rings. The van der Waals surface area contributed by atoms with Crippen LogP contribution in [-0.4, -0.2) is 72.3 Å². The summed E-state index contributed by atoms with van der Waals surface area (Å²) in [4.78, 5) is 32.9. The zero-order valence-corrected chi connectivity index (χ0v) is 16.4. The topological polar surface area (TPSA) is 43.9 Å². The Labute approximate surface area is 159 Å². The van der Waals surface area contributed by atoms with Crippen molar-refractivity contribution in [2.75, 3.05) is 33.7 Å². The number of thiophene rings is 1. The van der Waals surface area contributed by atoms with Gasteiger partial charge in [0.2, 0.25) is 5.91 Å². The van der Waals surface area contributed by atoms with Crippen molar-refractivity contribution in [1.82, 2.24) is 14.7 Å². The number of likely N-dealkylation sites (N-methyl/N-ethyl adjacent to an activating group) is 1. The Morgan fingerprint density at radius 1 is 1.23 bits per heavy atom. The Morgan fingerprint density at radius 3 is 2.69 bits per heavy atom. The Balaban J connectivity index is 1.39. The second-order valence-corrected chi connectivity index (χ2v) is 8.89. The van der Waals surface area contributed by atoms with Gasteiger partial charge in [-0.05, 0) is 51.8 Å². The van der Waals surface area contributed by atoms with Crippen LogP contribution in [0.1, 0.15) is 40.1 Å². The van der Waals surface area contributed by atoms with E-state index >= 15 is 0 Å². The van der Waals surface area contributed by atoms with E-state index < -0.39 is 0 Å². The highest BCUT2D eigenvalue weighted by Gasteiger charge is 2.48. The molecule has 3 fully saturated rings. The molecule has 4 heterocycles. The molecular weight excluding hydrogens is 346 g/mol. The zero-order chi connectivity index (χ0) is 18.3. The van der Waals surface area contributed by atoms with Crippen LogP contribution in [0.2, 0.25) is 0 Å². The molecule has 4 aliphatic rings. The van der Waals surface area contributed by atoms with Gasteiger partial charge in [-0.15, -0.1) is 11.3 Å². The predicted molar refractivity (Wildman–Crippen MR) is 104 cm³/mol. The number of carbonyl (C=O) groups excluding carboxylic acids is 2. The molecule has 5 rings (SSSR count). The fraction of sp³-hybridized carbons (Fsp3) is 0.600. The summed E-state index contributed by atoms with van der Waals surface area (Å²) in [5, 5.41) is 2.06. The molecule has 2 atom stereocenters. The lowest BCUT2D eigenvalue weighted by Crippen LogP contribution is -2.70. The SMILES string of the molecule is CN(C)C/C=C/C(=O)N1C2CC1CN(C(=O)c1csc3c1CCCC3)C2. The van der Waals surface area contributed by atoms with Gasteiger partial charge in [0.15, 0.2) is 0 Å². The standard InChI is InChI=1S/C20H27N3O2S/c1-21(2)9-5-8-19(24)23-14-10-15(23)12-22(11-14)20(25)17-13-26-18-7-4-3-6-16(17)18/h5,8,13-15H,3-4,6-7,9-12H2,1-2H3/b8-5+. The van der Waals surface area contributed by atoms with Gasteiger partial charge in [0.1, 0.15) is 0 Å². The first kappa shape index (κ1) is 17.7. The van der Waals surface area contributed by atoms with Gasteiger partial charge in [0, 0.05) is 36.0 Å². The second-order valence-electron chi connectivity index (χ2n) is 7.92. The van der Waals surface area contributed by atoms with Gasteiger partial charge < -0.3 is 14.7 Å². The van der Waals surface area contributed by atoms with Crippen molar-refractivity contribution in [1.29, 1.82) is 0 Å². The van der Waals surface area contributed by atoms with Crippen molar-refractivity contribution in [3.63, 3.8) is 0 Å². The number of aryl methyl sites for hydroxylation is 1. The number of fused-ring (bicyclic) bond motifs is 3. The van der Waals surface area contributed by atoms with E-state index in [4.69, 9.17) is 0 Å². The molecule has 0 spiro atoms. The molecule has 2 bridgehead atoms. The molecule has 2 amide bonds. The summed E-state index contributed by atoms with van der Waals surface area (Å²) < 4.78 is 0. The number of amides is 2. The van der Waals surface area contributed by atoms with Gasteiger partial charge in [0.25, 0.3) is 5.91 Å². The van der Waals surface area contributed by atoms with Gasteiger partial charge >= 0.3 is 0 Å². The van der Waals surface area contributed by atoms with Crippen molar-refractivity contribution in [3.05, 3.63) is 33.5 Å². The van der Waals surface area contributed by atoms with Crippen molar-refractivity contribution in [3.8, 4) is 0 Å². The van der Waals surface area contributed by atoms with Crippen LogP contribution in [0, 0.1) is 0 Å². The van der Waals surface area contributed by atoms with E-state index in [0.29, 0.717) is 13.1 Å². The summed E-state index contributed by atoms with van der Waals surface area (Å²) >= 11 is 1.75. The highest BCUT2D eigenvalue weighted by molar-refractivity contribution is 7.10. The van der Waals surface area contributed by atoms with Gasteiger partial charge in [-0.3, -0.25) is 9.59 Å². The molecular formula is C20H27N3O2S. The summed E-state index contributed by atoms with van der Waals surface area (Å²) in [7, 11) is 3.97. The molecule has 0 saturated carbocycles. The lowest BCUT2D eigenvalue weighted by atomic mass is 9.86. The zero-order valence-electron chi connectivity index (χ0n) is 15.6. The normalized spacial score (nSPS) is 24.7. The number of piperazine rings is 1. The molecule has 1 aromatic heterocycles. The van der Waals surface area contributed by atoms with Gasteiger partial charge in [0.05, 0.1) is 17.6 Å². The third kappa shape index (κ3) is 3.21. The van der Waals surface area contributed by atoms with Crippen molar-refractivity contribution < 1.29 is 9.59 Å². The van der Waals surface area contributed by atoms with Crippen molar-refractivity contribution in [2.45, 2.75) is 44.2 Å². The van der Waals surface area contributed by atoms with E-state index in [1.54, 1.807) is 17.4 Å². The Morgan fingerprint density at radius 2 is 1.96 bits per heavy atom. The number of carbonyl (C=O) groups is 2. The van der Waals surface area contributed by atoms with E-state index in [-0.39, 0.29) is 23.9 Å². The summed E-state index contributed by atoms with van der Waals surface area (Å²) in [6.07, 6.45) is 9.23. The first-order valence-electron chi connectivity index (χ1n) is 9.56. The van der Waals surface area contributed by atoms with Gasteiger partial charge in [-0.25, -0.2) is 0 Å². The first-order chi connectivity index (χ1) is 12.5. The van der Waals surface area contributed by atoms with Crippen LogP contribution in [0.25, 0.3) is 0 Å². The first-order valence-corrected chi connectivity index (χ1v) is 10.4. The fourth-order valence-corrected chi connectivity index (χ4v) is 5.55. The second kappa shape index (κ2) is 7.16. The monoisotopic (exact) mass is 373 g/mol. The minimum absolute atomic E-state index is 0.0908. The number of hydrogen-bond donors (Lipinski definition) is 0. The number of rotatable bonds is 4. The van der Waals surface area contributed by atoms with E-state index in [0.717, 1.165) is 31.4 Å². The van der Waals surface area contributed by atoms with E-state index in [1.165, 1.54) is 23.3 Å². The molecule has 0 aromatic carbocycles. The maximum absolute atomic E-state index is 13.0. The van der Waals surface area contributed by atoms with Crippen LogP contribution in [0.4, 0.5) is 0 Å². The van der Waals surface area contributed by atoms with Crippen molar-refractivity contribution >= 4 is 23.2 Å². The highest BCUT2D eigenvalue weighted by Crippen LogP contribution is 2.35. The predicted octanol–water partition coefficient (Wildman–Crippen LogP) is 2.17. The van der Waals surface area contributed by atoms with Crippen LogP contribution in [0.15, 0.2) is 17.5 Å². The van der Waals surface area contributed by atoms with Crippen LogP contribution in [0.5, 0.6) is 0 Å². The largest absolute Gasteiger partial charge is 0.334 e. The molecule has 140 valence electrons. The lowest BCUT2D eigenvalue weighted by molar-refractivity contribution is -0.146. The molecule has 2 unspecified atom stereocenters. The quantitative estimate of drug-likeness (QED) is 0.760. The summed E-state index contributed by atoms with van der Waals surface area (Å²) in [6.45, 7) is 2.11. The lowest BCUT2D eigenvalue weighted by Gasteiger charge is -2.56. The minimum atomic E-state index is 0.0908. The molecule has 5 nitrogen and oxygen atoms in total. The molecule has 26 heavy (non-hydrogen) atoms. The van der Waals surface area contributed by atoms with Gasteiger partial charge in [-0.2, -0.15) is 0 Å². The molecule has 6 heteroatoms. The number of hydrogen-bond acceptors (Lipinski definition) is 4. The Bertz CT molecular complexity index is 727. The summed E-state index contributed by atoms with van der Waals surface area (Å²) in [5.74, 6) is 0.266. The summed E-state index contributed by atoms with van der Waals surface area (Å²) in [6, 6.07) is 0.368. The molecule has 0 radical (unpaired) electrons. The third-order valence-corrected chi connectivity index (χ3v) is 6.85. The van der Waals surface area contributed by atoms with Crippen LogP contribution >= 0.6 is 11.3 Å². The summed E-state index contributed by atoms with van der Waals surface area (Å²) in [5.41, 5.74) is 2.22. The Kier molecular flexibility index (Phi) is 4.88. The highest BCUT2D eigenvalue weighted by atomic mass is 32.1. The van der Waals surface area contributed by atoms with E-state index in [2.05, 4.69) is 5.38 Å². The van der Waals surface area contributed by atoms with E-state index in [9.17, 15) is 9.59 Å². The molecule has 1 aliphatic carbocycles. The van der Waals surface area contributed by atoms with Crippen LogP contribution < -0.4 is 0 Å². The van der Waals surface area contributed by atoms with Crippen molar-refractivity contribution in [2.24, 2.45) is 0 Å². The maximum atomic E-state index is 13.0. The Hall–Kier alpha value is -1.66. The average Bonchev–Trinajstić information content (AvgIpc) is 3.04. The van der Waals surface area contributed by atoms with Gasteiger partial charge in [-0.1, -0.05) is 6.08 Å². The molecule has 3 aliphatic heterocycles. The third-order valence-electron chi connectivity index (χ3n) is 5.76. The van der Waals surface area contributed by atoms with E-state index in [1.807, 2.05) is 34.9 Å². The fourth-order valence-electron chi connectivity index (χ4n) is 4.43. The number of nitrogens with zero attached hydrogens (tertiary/aromatic N) is 3. The average molecular weight is 374 g/mol.